The molecule has 3 aromatic carbocycles. The maximum atomic E-state index is 13.6. The Labute approximate surface area is 195 Å². The first-order valence-electron chi connectivity index (χ1n) is 10.6. The van der Waals surface area contributed by atoms with Crippen LogP contribution in [0.4, 0.5) is 5.13 Å². The third-order valence-electron chi connectivity index (χ3n) is 5.11. The summed E-state index contributed by atoms with van der Waals surface area (Å²) in [4.78, 5) is 20.0. The Bertz CT molecular complexity index is 1380. The number of carbonyl (C=O) groups excluding carboxylic acids is 1. The third kappa shape index (κ3) is 4.49. The van der Waals surface area contributed by atoms with E-state index in [0.29, 0.717) is 24.0 Å². The summed E-state index contributed by atoms with van der Waals surface area (Å²) in [5.74, 6) is 1.06. The molecule has 0 aliphatic rings. The Hall–Kier alpha value is -3.97. The van der Waals surface area contributed by atoms with Gasteiger partial charge in [-0.1, -0.05) is 77.2 Å². The van der Waals surface area contributed by atoms with E-state index in [0.717, 1.165) is 27.1 Å². The van der Waals surface area contributed by atoms with Crippen LogP contribution in [0.2, 0.25) is 0 Å². The van der Waals surface area contributed by atoms with Crippen molar-refractivity contribution >= 4 is 32.6 Å². The Morgan fingerprint density at radius 3 is 2.52 bits per heavy atom. The summed E-state index contributed by atoms with van der Waals surface area (Å²) < 4.78 is 12.0. The highest BCUT2D eigenvalue weighted by Crippen LogP contribution is 2.33. The first-order valence-corrected chi connectivity index (χ1v) is 11.4. The van der Waals surface area contributed by atoms with Gasteiger partial charge in [0.25, 0.3) is 5.91 Å². The number of anilines is 1. The largest absolute Gasteiger partial charge is 0.494 e. The third-order valence-corrected chi connectivity index (χ3v) is 6.15. The number of hydrogen-bond donors (Lipinski definition) is 0. The minimum Gasteiger partial charge on any atom is -0.494 e. The summed E-state index contributed by atoms with van der Waals surface area (Å²) in [6, 6.07) is 26.9. The van der Waals surface area contributed by atoms with Gasteiger partial charge in [-0.3, -0.25) is 9.69 Å². The number of benzene rings is 3. The minimum absolute atomic E-state index is 0.235. The molecule has 2 aromatic heterocycles. The summed E-state index contributed by atoms with van der Waals surface area (Å²) in [5.41, 5.74) is 2.91. The molecular weight excluding hydrogens is 434 g/mol. The van der Waals surface area contributed by atoms with Crippen molar-refractivity contribution in [2.45, 2.75) is 13.5 Å². The van der Waals surface area contributed by atoms with Crippen molar-refractivity contribution < 1.29 is 14.1 Å². The molecule has 0 radical (unpaired) electrons. The van der Waals surface area contributed by atoms with Gasteiger partial charge in [0.05, 0.1) is 23.4 Å². The summed E-state index contributed by atoms with van der Waals surface area (Å²) in [5, 5.41) is 4.66. The summed E-state index contributed by atoms with van der Waals surface area (Å²) in [7, 11) is 0. The molecule has 33 heavy (non-hydrogen) atoms. The van der Waals surface area contributed by atoms with Crippen LogP contribution in [0.5, 0.6) is 5.75 Å². The topological polar surface area (TPSA) is 68.5 Å². The van der Waals surface area contributed by atoms with Crippen molar-refractivity contribution in [3.63, 3.8) is 0 Å². The van der Waals surface area contributed by atoms with Crippen molar-refractivity contribution in [1.29, 1.82) is 0 Å². The molecule has 7 heteroatoms. The first-order chi connectivity index (χ1) is 16.2. The lowest BCUT2D eigenvalue weighted by molar-refractivity contribution is 0.0976. The molecule has 0 saturated heterocycles. The van der Waals surface area contributed by atoms with E-state index in [1.54, 1.807) is 11.0 Å². The van der Waals surface area contributed by atoms with E-state index in [9.17, 15) is 4.79 Å². The van der Waals surface area contributed by atoms with E-state index >= 15 is 0 Å². The second kappa shape index (κ2) is 9.26. The predicted molar refractivity (Wildman–Crippen MR) is 130 cm³/mol. The Morgan fingerprint density at radius 1 is 1.00 bits per heavy atom. The highest BCUT2D eigenvalue weighted by atomic mass is 32.1. The molecule has 0 aliphatic heterocycles. The minimum atomic E-state index is -0.270. The molecule has 164 valence electrons. The molecule has 0 N–H and O–H groups in total. The fourth-order valence-corrected chi connectivity index (χ4v) is 4.50. The van der Waals surface area contributed by atoms with Crippen LogP contribution < -0.4 is 9.64 Å². The van der Waals surface area contributed by atoms with Crippen molar-refractivity contribution in [2.24, 2.45) is 0 Å². The molecule has 2 heterocycles. The molecule has 0 spiro atoms. The Kier molecular flexibility index (Phi) is 5.87. The SMILES string of the molecule is CCOc1ccc2nc(N(Cc3ccccc3)C(=O)c3cc(-c4ccccc4)on3)sc2c1. The van der Waals surface area contributed by atoms with Crippen molar-refractivity contribution in [2.75, 3.05) is 11.5 Å². The van der Waals surface area contributed by atoms with Crippen LogP contribution in [-0.4, -0.2) is 22.7 Å². The molecule has 1 amide bonds. The quantitative estimate of drug-likeness (QED) is 0.292. The van der Waals surface area contributed by atoms with E-state index in [2.05, 4.69) is 5.16 Å². The van der Waals surface area contributed by atoms with E-state index in [1.807, 2.05) is 85.8 Å². The lowest BCUT2D eigenvalue weighted by Crippen LogP contribution is -2.30. The van der Waals surface area contributed by atoms with Crippen LogP contribution in [0, 0.1) is 0 Å². The first kappa shape index (κ1) is 20.9. The molecule has 0 aliphatic carbocycles. The number of rotatable bonds is 7. The van der Waals surface area contributed by atoms with Gasteiger partial charge in [-0.25, -0.2) is 4.98 Å². The molecule has 6 nitrogen and oxygen atoms in total. The predicted octanol–water partition coefficient (Wildman–Crippen LogP) is 6.20. The van der Waals surface area contributed by atoms with Gasteiger partial charge in [0.2, 0.25) is 0 Å². The number of nitrogens with zero attached hydrogens (tertiary/aromatic N) is 3. The van der Waals surface area contributed by atoms with Crippen LogP contribution >= 0.6 is 11.3 Å². The van der Waals surface area contributed by atoms with Crippen molar-refractivity contribution in [3.8, 4) is 17.1 Å². The van der Waals surface area contributed by atoms with Gasteiger partial charge in [-0.05, 0) is 30.7 Å². The molecule has 0 unspecified atom stereocenters. The van der Waals surface area contributed by atoms with Gasteiger partial charge in [-0.2, -0.15) is 0 Å². The Balaban J connectivity index is 1.51. The average Bonchev–Trinajstić information content (AvgIpc) is 3.51. The van der Waals surface area contributed by atoms with Crippen LogP contribution in [-0.2, 0) is 6.54 Å². The van der Waals surface area contributed by atoms with Gasteiger partial charge in [0.15, 0.2) is 16.6 Å². The second-order valence-electron chi connectivity index (χ2n) is 7.38. The number of hydrogen-bond acceptors (Lipinski definition) is 6. The fraction of sp³-hybridized carbons (Fsp3) is 0.115. The molecule has 5 rings (SSSR count). The molecular formula is C26H21N3O3S. The molecule has 0 saturated carbocycles. The summed E-state index contributed by atoms with van der Waals surface area (Å²) >= 11 is 1.45. The molecule has 0 atom stereocenters. The van der Waals surface area contributed by atoms with Crippen LogP contribution in [0.3, 0.4) is 0 Å². The van der Waals surface area contributed by atoms with E-state index < -0.39 is 0 Å². The van der Waals surface area contributed by atoms with E-state index in [-0.39, 0.29) is 11.6 Å². The van der Waals surface area contributed by atoms with Crippen LogP contribution in [0.25, 0.3) is 21.5 Å². The molecule has 0 fully saturated rings. The smallest absolute Gasteiger partial charge is 0.282 e. The lowest BCUT2D eigenvalue weighted by atomic mass is 10.1. The zero-order valence-electron chi connectivity index (χ0n) is 18.0. The highest BCUT2D eigenvalue weighted by Gasteiger charge is 2.25. The number of fused-ring (bicyclic) bond motifs is 1. The number of thiazole rings is 1. The maximum absolute atomic E-state index is 13.6. The summed E-state index contributed by atoms with van der Waals surface area (Å²) in [6.45, 7) is 2.90. The summed E-state index contributed by atoms with van der Waals surface area (Å²) in [6.07, 6.45) is 0. The van der Waals surface area contributed by atoms with Crippen molar-refractivity contribution in [3.05, 3.63) is 96.2 Å². The Morgan fingerprint density at radius 2 is 1.76 bits per heavy atom. The zero-order chi connectivity index (χ0) is 22.6. The van der Waals surface area contributed by atoms with Gasteiger partial charge in [0, 0.05) is 11.6 Å². The number of carbonyl (C=O) groups is 1. The van der Waals surface area contributed by atoms with Gasteiger partial charge >= 0.3 is 0 Å². The van der Waals surface area contributed by atoms with Gasteiger partial charge in [-0.15, -0.1) is 0 Å². The lowest BCUT2D eigenvalue weighted by Gasteiger charge is -2.18. The van der Waals surface area contributed by atoms with E-state index in [1.165, 1.54) is 11.3 Å². The van der Waals surface area contributed by atoms with Crippen molar-refractivity contribution in [1.82, 2.24) is 10.1 Å². The van der Waals surface area contributed by atoms with Gasteiger partial charge in [0.1, 0.15) is 5.75 Å². The number of aromatic nitrogens is 2. The van der Waals surface area contributed by atoms with E-state index in [4.69, 9.17) is 14.2 Å². The molecule has 0 bridgehead atoms. The van der Waals surface area contributed by atoms with Crippen LogP contribution in [0.1, 0.15) is 23.0 Å². The fourth-order valence-electron chi connectivity index (χ4n) is 3.51. The normalized spacial score (nSPS) is 10.9. The highest BCUT2D eigenvalue weighted by molar-refractivity contribution is 7.22. The number of amides is 1. The second-order valence-corrected chi connectivity index (χ2v) is 8.39. The monoisotopic (exact) mass is 455 g/mol. The maximum Gasteiger partial charge on any atom is 0.282 e. The molecule has 5 aromatic rings. The average molecular weight is 456 g/mol. The number of ether oxygens (including phenoxy) is 1. The van der Waals surface area contributed by atoms with Crippen LogP contribution in [0.15, 0.2) is 89.5 Å². The zero-order valence-corrected chi connectivity index (χ0v) is 18.8. The standard InChI is InChI=1S/C26H21N3O3S/c1-2-31-20-13-14-21-24(15-20)33-26(27-21)29(17-18-9-5-3-6-10-18)25(30)22-16-23(32-28-22)19-11-7-4-8-12-19/h3-16H,2,17H2,1H3. The van der Waals surface area contributed by atoms with Gasteiger partial charge < -0.3 is 9.26 Å².